The van der Waals surface area contributed by atoms with Gasteiger partial charge in [0, 0.05) is 19.3 Å². The number of ketones is 1. The second-order valence-electron chi connectivity index (χ2n) is 16.8. The minimum absolute atomic E-state index is 0.232. The van der Waals surface area contributed by atoms with E-state index >= 15 is 0 Å². The highest BCUT2D eigenvalue weighted by Gasteiger charge is 2.34. The number of Topliss-reactive ketones (excluding diaryl/α,β-unsaturated/α-hetero) is 1. The van der Waals surface area contributed by atoms with Crippen LogP contribution in [0.4, 0.5) is 0 Å². The summed E-state index contributed by atoms with van der Waals surface area (Å²) in [6.07, 6.45) is 48.3. The minimum Gasteiger partial charge on any atom is -0.455 e. The number of aliphatic hydroxyl groups is 1. The quantitative estimate of drug-likeness (QED) is 0.0375. The summed E-state index contributed by atoms with van der Waals surface area (Å²) >= 11 is 0. The highest BCUT2D eigenvalue weighted by atomic mass is 16.6. The number of hydrogen-bond donors (Lipinski definition) is 1. The maximum absolute atomic E-state index is 13.4. The molecular weight excluding hydrogens is 709 g/mol. The van der Waals surface area contributed by atoms with Gasteiger partial charge in [-0.1, -0.05) is 199 Å². The molecule has 0 heterocycles. The predicted octanol–water partition coefficient (Wildman–Crippen LogP) is 15.4. The van der Waals surface area contributed by atoms with Crippen LogP contribution < -0.4 is 0 Å². The number of aliphatic hydroxyl groups excluding tert-OH is 1. The van der Waals surface area contributed by atoms with Crippen molar-refractivity contribution >= 4 is 17.7 Å². The van der Waals surface area contributed by atoms with Crippen molar-refractivity contribution in [3.8, 4) is 0 Å². The molecule has 0 aliphatic heterocycles. The predicted molar refractivity (Wildman–Crippen MR) is 243 cm³/mol. The monoisotopic (exact) mass is 803 g/mol. The van der Waals surface area contributed by atoms with Gasteiger partial charge in [-0.3, -0.25) is 14.4 Å². The van der Waals surface area contributed by atoms with E-state index < -0.39 is 30.8 Å². The Kier molecular flexibility index (Phi) is 43.6. The Labute approximate surface area is 353 Å². The van der Waals surface area contributed by atoms with Crippen molar-refractivity contribution < 1.29 is 29.0 Å². The van der Waals surface area contributed by atoms with Crippen LogP contribution in [0.2, 0.25) is 0 Å². The number of allylic oxidation sites excluding steroid dienone is 4. The van der Waals surface area contributed by atoms with Crippen LogP contribution in [-0.4, -0.2) is 41.6 Å². The number of carbonyl (C=O) groups is 3. The first-order valence-electron chi connectivity index (χ1n) is 24.8. The third-order valence-electron chi connectivity index (χ3n) is 11.2. The summed E-state index contributed by atoms with van der Waals surface area (Å²) in [5.41, 5.74) is 0. The zero-order chi connectivity index (χ0) is 41.7. The molecule has 0 amide bonds. The molecule has 0 aromatic carbocycles. The molecule has 0 fully saturated rings. The fraction of sp³-hybridized carbons (Fsp3) is 0.863. The van der Waals surface area contributed by atoms with E-state index in [9.17, 15) is 19.5 Å². The Hall–Kier alpha value is -1.95. The molecule has 0 saturated carbocycles. The molecule has 0 aliphatic rings. The zero-order valence-electron chi connectivity index (χ0n) is 38.0. The Balaban J connectivity index is 4.66. The maximum atomic E-state index is 13.4. The third-order valence-corrected chi connectivity index (χ3v) is 11.2. The van der Waals surface area contributed by atoms with Gasteiger partial charge in [0.05, 0.1) is 6.61 Å². The van der Waals surface area contributed by atoms with Crippen LogP contribution in [-0.2, 0) is 23.9 Å². The summed E-state index contributed by atoms with van der Waals surface area (Å²) in [6.45, 7) is 6.19. The van der Waals surface area contributed by atoms with Crippen molar-refractivity contribution in [1.29, 1.82) is 0 Å². The summed E-state index contributed by atoms with van der Waals surface area (Å²) in [6, 6.07) is 0. The molecular formula is C51H94O6. The number of ether oxygens (including phenoxy) is 2. The van der Waals surface area contributed by atoms with E-state index in [0.717, 1.165) is 77.0 Å². The Morgan fingerprint density at radius 1 is 0.386 bits per heavy atom. The molecule has 0 rings (SSSR count). The van der Waals surface area contributed by atoms with Gasteiger partial charge in [-0.2, -0.15) is 0 Å². The summed E-state index contributed by atoms with van der Waals surface area (Å²) in [7, 11) is 0. The van der Waals surface area contributed by atoms with Crippen LogP contribution >= 0.6 is 0 Å². The number of rotatable bonds is 45. The fourth-order valence-electron chi connectivity index (χ4n) is 7.40. The first-order valence-corrected chi connectivity index (χ1v) is 24.8. The molecule has 0 spiro atoms. The number of unbranched alkanes of at least 4 members (excludes halogenated alkanes) is 30. The smallest absolute Gasteiger partial charge is 0.306 e. The zero-order valence-corrected chi connectivity index (χ0v) is 38.0. The molecule has 6 heteroatoms. The average Bonchev–Trinajstić information content (AvgIpc) is 3.21. The highest BCUT2D eigenvalue weighted by molar-refractivity contribution is 5.86. The van der Waals surface area contributed by atoms with E-state index in [1.54, 1.807) is 0 Å². The van der Waals surface area contributed by atoms with Crippen molar-refractivity contribution in [3.05, 3.63) is 24.3 Å². The standard InChI is InChI=1S/C51H94O6/c1-4-7-10-13-16-19-22-25-28-31-34-37-40-43-47(53)51(57-50(55)45-42-39-36-33-30-27-24-21-18-15-12-9-6-3)48(46-52)56-49(54)44-41-38-35-32-29-26-23-20-17-14-11-8-5-2/h19-20,22-23,48,51-52H,4-18,21,24-46H2,1-3H3. The van der Waals surface area contributed by atoms with E-state index in [2.05, 4.69) is 45.1 Å². The molecule has 2 atom stereocenters. The fourth-order valence-corrected chi connectivity index (χ4v) is 7.40. The maximum Gasteiger partial charge on any atom is 0.306 e. The van der Waals surface area contributed by atoms with Crippen molar-refractivity contribution in [2.45, 2.75) is 277 Å². The molecule has 0 radical (unpaired) electrons. The summed E-state index contributed by atoms with van der Waals surface area (Å²) in [5, 5.41) is 10.2. The van der Waals surface area contributed by atoms with Crippen LogP contribution in [0, 0.1) is 0 Å². The van der Waals surface area contributed by atoms with E-state index in [0.29, 0.717) is 19.3 Å². The molecule has 57 heavy (non-hydrogen) atoms. The largest absolute Gasteiger partial charge is 0.455 e. The molecule has 0 aliphatic carbocycles. The van der Waals surface area contributed by atoms with E-state index in [-0.39, 0.29) is 25.0 Å². The van der Waals surface area contributed by atoms with Crippen LogP contribution in [0.25, 0.3) is 0 Å². The van der Waals surface area contributed by atoms with Gasteiger partial charge in [0.2, 0.25) is 0 Å². The lowest BCUT2D eigenvalue weighted by atomic mass is 10.0. The van der Waals surface area contributed by atoms with E-state index in [1.165, 1.54) is 128 Å². The van der Waals surface area contributed by atoms with Crippen molar-refractivity contribution in [3.63, 3.8) is 0 Å². The van der Waals surface area contributed by atoms with Crippen LogP contribution in [0.3, 0.4) is 0 Å². The minimum atomic E-state index is -1.25. The lowest BCUT2D eigenvalue weighted by Crippen LogP contribution is -2.43. The average molecular weight is 803 g/mol. The van der Waals surface area contributed by atoms with Crippen molar-refractivity contribution in [2.75, 3.05) is 6.61 Å². The van der Waals surface area contributed by atoms with Crippen molar-refractivity contribution in [2.24, 2.45) is 0 Å². The number of hydrogen-bond acceptors (Lipinski definition) is 6. The number of esters is 2. The lowest BCUT2D eigenvalue weighted by molar-refractivity contribution is -0.175. The van der Waals surface area contributed by atoms with Gasteiger partial charge in [0.15, 0.2) is 18.0 Å². The first kappa shape index (κ1) is 55.0. The lowest BCUT2D eigenvalue weighted by Gasteiger charge is -2.25. The van der Waals surface area contributed by atoms with Crippen LogP contribution in [0.15, 0.2) is 24.3 Å². The Morgan fingerprint density at radius 2 is 0.667 bits per heavy atom. The van der Waals surface area contributed by atoms with Gasteiger partial charge in [-0.05, 0) is 70.6 Å². The van der Waals surface area contributed by atoms with Crippen LogP contribution in [0.5, 0.6) is 0 Å². The SMILES string of the molecule is CCCCCCC=CCCCCCCCC(=O)OC(CO)C(OC(=O)CCCCCCCCCCCCCCC)C(=O)CCCCCCCC=CCCCCCC. The Bertz CT molecular complexity index is 942. The topological polar surface area (TPSA) is 89.9 Å². The molecule has 0 aromatic rings. The third kappa shape index (κ3) is 39.3. The summed E-state index contributed by atoms with van der Waals surface area (Å²) in [4.78, 5) is 39.2. The number of carbonyl (C=O) groups excluding carboxylic acids is 3. The molecule has 6 nitrogen and oxygen atoms in total. The van der Waals surface area contributed by atoms with Gasteiger partial charge in [-0.25, -0.2) is 0 Å². The highest BCUT2D eigenvalue weighted by Crippen LogP contribution is 2.18. The molecule has 334 valence electrons. The van der Waals surface area contributed by atoms with Gasteiger partial charge in [-0.15, -0.1) is 0 Å². The first-order chi connectivity index (χ1) is 28.0. The molecule has 0 aromatic heterocycles. The van der Waals surface area contributed by atoms with Gasteiger partial charge in [0.25, 0.3) is 0 Å². The molecule has 0 bridgehead atoms. The van der Waals surface area contributed by atoms with Gasteiger partial charge >= 0.3 is 11.9 Å². The summed E-state index contributed by atoms with van der Waals surface area (Å²) in [5.74, 6) is -1.15. The Morgan fingerprint density at radius 3 is 1.02 bits per heavy atom. The molecule has 0 saturated heterocycles. The van der Waals surface area contributed by atoms with Gasteiger partial charge in [0.1, 0.15) is 0 Å². The second kappa shape index (κ2) is 45.1. The van der Waals surface area contributed by atoms with Crippen molar-refractivity contribution in [1.82, 2.24) is 0 Å². The van der Waals surface area contributed by atoms with Gasteiger partial charge < -0.3 is 14.6 Å². The van der Waals surface area contributed by atoms with Crippen LogP contribution in [0.1, 0.15) is 265 Å². The second-order valence-corrected chi connectivity index (χ2v) is 16.8. The summed E-state index contributed by atoms with van der Waals surface area (Å²) < 4.78 is 11.3. The molecule has 2 unspecified atom stereocenters. The van der Waals surface area contributed by atoms with E-state index in [4.69, 9.17) is 9.47 Å². The normalized spacial score (nSPS) is 12.8. The van der Waals surface area contributed by atoms with E-state index in [1.807, 2.05) is 0 Å². The molecule has 1 N–H and O–H groups in total.